The zero-order valence-corrected chi connectivity index (χ0v) is 9.55. The van der Waals surface area contributed by atoms with E-state index in [1.165, 1.54) is 0 Å². The number of nitrogens with one attached hydrogen (secondary N) is 1. The first-order valence-corrected chi connectivity index (χ1v) is 5.29. The van der Waals surface area contributed by atoms with E-state index >= 15 is 0 Å². The number of rotatable bonds is 3. The third kappa shape index (κ3) is 2.70. The van der Waals surface area contributed by atoms with E-state index < -0.39 is 0 Å². The molecule has 2 aromatic rings. The van der Waals surface area contributed by atoms with Crippen LogP contribution >= 0.6 is 0 Å². The second-order valence-corrected chi connectivity index (χ2v) is 3.83. The Morgan fingerprint density at radius 2 is 2.29 bits per heavy atom. The molecular weight excluding hydrogens is 216 g/mol. The lowest BCUT2D eigenvalue weighted by Crippen LogP contribution is -2.30. The highest BCUT2D eigenvalue weighted by molar-refractivity contribution is 5.93. The first-order chi connectivity index (χ1) is 8.19. The van der Waals surface area contributed by atoms with E-state index in [1.54, 1.807) is 12.1 Å². The van der Waals surface area contributed by atoms with Gasteiger partial charge in [0.05, 0.1) is 12.2 Å². The Morgan fingerprint density at radius 1 is 1.47 bits per heavy atom. The van der Waals surface area contributed by atoms with Gasteiger partial charge in [0.2, 0.25) is 0 Å². The van der Waals surface area contributed by atoms with Crippen molar-refractivity contribution in [2.45, 2.75) is 13.5 Å². The number of nitrogen functional groups attached to an aromatic ring is 1. The van der Waals surface area contributed by atoms with Crippen LogP contribution in [0.3, 0.4) is 0 Å². The predicted octanol–water partition coefficient (Wildman–Crippen LogP) is 0.843. The van der Waals surface area contributed by atoms with E-state index in [-0.39, 0.29) is 5.91 Å². The molecular formula is C12H14N4O. The van der Waals surface area contributed by atoms with Gasteiger partial charge in [-0.05, 0) is 30.7 Å². The Balaban J connectivity index is 2.19. The Bertz CT molecular complexity index is 533. The molecule has 0 unspecified atom stereocenters. The maximum absolute atomic E-state index is 11.4. The van der Waals surface area contributed by atoms with Crippen LogP contribution in [0.1, 0.15) is 21.6 Å². The quantitative estimate of drug-likeness (QED) is 0.466. The van der Waals surface area contributed by atoms with Crippen LogP contribution in [0.2, 0.25) is 0 Å². The van der Waals surface area contributed by atoms with Crippen molar-refractivity contribution in [2.24, 2.45) is 5.84 Å². The molecule has 0 fully saturated rings. The highest BCUT2D eigenvalue weighted by Gasteiger charge is 2.04. The van der Waals surface area contributed by atoms with Gasteiger partial charge in [-0.1, -0.05) is 12.1 Å². The fraction of sp³-hybridized carbons (Fsp3) is 0.167. The summed E-state index contributed by atoms with van der Waals surface area (Å²) in [5.41, 5.74) is 4.65. The van der Waals surface area contributed by atoms with E-state index in [9.17, 15) is 4.79 Å². The summed E-state index contributed by atoms with van der Waals surface area (Å²) in [6.45, 7) is 2.58. The maximum atomic E-state index is 11.4. The molecule has 88 valence electrons. The minimum absolute atomic E-state index is 0.288. The molecule has 0 aliphatic carbocycles. The highest BCUT2D eigenvalue weighted by Crippen LogP contribution is 2.07. The van der Waals surface area contributed by atoms with Gasteiger partial charge in [0.25, 0.3) is 5.91 Å². The lowest BCUT2D eigenvalue weighted by atomic mass is 10.1. The van der Waals surface area contributed by atoms with Crippen molar-refractivity contribution >= 4 is 5.91 Å². The summed E-state index contributed by atoms with van der Waals surface area (Å²) in [5, 5.41) is 4.29. The lowest BCUT2D eigenvalue weighted by molar-refractivity contribution is 0.0953. The number of nitrogens with two attached hydrogens (primary N) is 1. The molecule has 1 aromatic carbocycles. The molecule has 0 atom stereocenters. The van der Waals surface area contributed by atoms with E-state index in [1.807, 2.05) is 36.0 Å². The largest absolute Gasteiger partial charge is 0.290 e. The van der Waals surface area contributed by atoms with E-state index in [0.29, 0.717) is 12.1 Å². The van der Waals surface area contributed by atoms with Crippen molar-refractivity contribution < 1.29 is 4.79 Å². The summed E-state index contributed by atoms with van der Waals surface area (Å²) in [5.74, 6) is 4.80. The molecule has 0 bridgehead atoms. The standard InChI is InChI=1S/C12H14N4O/c1-9-5-6-16(15-9)8-10-3-2-4-11(7-10)12(17)14-13/h2-7H,8,13H2,1H3,(H,14,17). The van der Waals surface area contributed by atoms with E-state index in [0.717, 1.165) is 11.3 Å². The SMILES string of the molecule is Cc1ccn(Cc2cccc(C(=O)NN)c2)n1. The first-order valence-electron chi connectivity index (χ1n) is 5.29. The molecule has 17 heavy (non-hydrogen) atoms. The third-order valence-corrected chi connectivity index (χ3v) is 2.44. The van der Waals surface area contributed by atoms with Crippen LogP contribution in [0.25, 0.3) is 0 Å². The molecule has 0 saturated carbocycles. The molecule has 1 amide bonds. The normalized spacial score (nSPS) is 10.2. The summed E-state index contributed by atoms with van der Waals surface area (Å²) in [4.78, 5) is 11.4. The number of carbonyl (C=O) groups excluding carboxylic acids is 1. The van der Waals surface area contributed by atoms with Gasteiger partial charge in [-0.3, -0.25) is 14.9 Å². The molecule has 3 N–H and O–H groups in total. The number of hydrazine groups is 1. The van der Waals surface area contributed by atoms with Crippen molar-refractivity contribution in [2.75, 3.05) is 0 Å². The maximum Gasteiger partial charge on any atom is 0.265 e. The third-order valence-electron chi connectivity index (χ3n) is 2.44. The van der Waals surface area contributed by atoms with Gasteiger partial charge < -0.3 is 0 Å². The van der Waals surface area contributed by atoms with Gasteiger partial charge in [-0.25, -0.2) is 5.84 Å². The highest BCUT2D eigenvalue weighted by atomic mass is 16.2. The first kappa shape index (κ1) is 11.3. The van der Waals surface area contributed by atoms with Gasteiger partial charge in [0.15, 0.2) is 0 Å². The molecule has 1 heterocycles. The van der Waals surface area contributed by atoms with Crippen molar-refractivity contribution in [1.82, 2.24) is 15.2 Å². The summed E-state index contributed by atoms with van der Waals surface area (Å²) >= 11 is 0. The average molecular weight is 230 g/mol. The van der Waals surface area contributed by atoms with Crippen LogP contribution in [0, 0.1) is 6.92 Å². The molecule has 0 saturated heterocycles. The van der Waals surface area contributed by atoms with Crippen LogP contribution < -0.4 is 11.3 Å². The van der Waals surface area contributed by atoms with Crippen LogP contribution in [0.15, 0.2) is 36.5 Å². The topological polar surface area (TPSA) is 72.9 Å². The lowest BCUT2D eigenvalue weighted by Gasteiger charge is -2.04. The van der Waals surface area contributed by atoms with Crippen LogP contribution in [-0.4, -0.2) is 15.7 Å². The Morgan fingerprint density at radius 3 is 2.94 bits per heavy atom. The molecule has 5 heteroatoms. The number of amides is 1. The fourth-order valence-electron chi connectivity index (χ4n) is 1.63. The van der Waals surface area contributed by atoms with Crippen molar-refractivity contribution in [3.05, 3.63) is 53.3 Å². The fourth-order valence-corrected chi connectivity index (χ4v) is 1.63. The average Bonchev–Trinajstić information content (AvgIpc) is 2.74. The van der Waals surface area contributed by atoms with E-state index in [4.69, 9.17) is 5.84 Å². The number of carbonyl (C=O) groups is 1. The molecule has 0 spiro atoms. The number of hydrogen-bond acceptors (Lipinski definition) is 3. The summed E-state index contributed by atoms with van der Waals surface area (Å²) in [7, 11) is 0. The monoisotopic (exact) mass is 230 g/mol. The Labute approximate surface area is 99.2 Å². The van der Waals surface area contributed by atoms with Gasteiger partial charge in [-0.2, -0.15) is 5.10 Å². The number of benzene rings is 1. The van der Waals surface area contributed by atoms with Gasteiger partial charge in [0.1, 0.15) is 0 Å². The zero-order chi connectivity index (χ0) is 12.3. The second kappa shape index (κ2) is 4.80. The van der Waals surface area contributed by atoms with Gasteiger partial charge in [0, 0.05) is 11.8 Å². The van der Waals surface area contributed by atoms with Crippen LogP contribution in [0.5, 0.6) is 0 Å². The number of nitrogens with zero attached hydrogens (tertiary/aromatic N) is 2. The molecule has 0 aliphatic heterocycles. The zero-order valence-electron chi connectivity index (χ0n) is 9.55. The smallest absolute Gasteiger partial charge is 0.265 e. The van der Waals surface area contributed by atoms with Crippen molar-refractivity contribution in [3.8, 4) is 0 Å². The van der Waals surface area contributed by atoms with E-state index in [2.05, 4.69) is 10.5 Å². The summed E-state index contributed by atoms with van der Waals surface area (Å²) in [6, 6.07) is 9.25. The van der Waals surface area contributed by atoms with Crippen LogP contribution in [0.4, 0.5) is 0 Å². The second-order valence-electron chi connectivity index (χ2n) is 3.83. The van der Waals surface area contributed by atoms with Crippen molar-refractivity contribution in [3.63, 3.8) is 0 Å². The molecule has 2 rings (SSSR count). The predicted molar refractivity (Wildman–Crippen MR) is 64.2 cm³/mol. The van der Waals surface area contributed by atoms with Gasteiger partial charge in [-0.15, -0.1) is 0 Å². The minimum atomic E-state index is -0.288. The molecule has 5 nitrogen and oxygen atoms in total. The number of aryl methyl sites for hydroxylation is 1. The summed E-state index contributed by atoms with van der Waals surface area (Å²) < 4.78 is 1.83. The minimum Gasteiger partial charge on any atom is -0.290 e. The number of aromatic nitrogens is 2. The molecule has 0 radical (unpaired) electrons. The molecule has 0 aliphatic rings. The number of hydrogen-bond donors (Lipinski definition) is 2. The molecule has 1 aromatic heterocycles. The van der Waals surface area contributed by atoms with Crippen molar-refractivity contribution in [1.29, 1.82) is 0 Å². The summed E-state index contributed by atoms with van der Waals surface area (Å²) in [6.07, 6.45) is 1.91. The van der Waals surface area contributed by atoms with Crippen LogP contribution in [-0.2, 0) is 6.54 Å². The van der Waals surface area contributed by atoms with Gasteiger partial charge >= 0.3 is 0 Å². The Kier molecular flexibility index (Phi) is 3.20. The Hall–Kier alpha value is -2.14.